The third kappa shape index (κ3) is 4.06. The van der Waals surface area contributed by atoms with Crippen LogP contribution in [0.3, 0.4) is 0 Å². The van der Waals surface area contributed by atoms with Gasteiger partial charge in [-0.15, -0.1) is 11.3 Å². The normalized spacial score (nSPS) is 11.6. The fourth-order valence-corrected chi connectivity index (χ4v) is 3.21. The van der Waals surface area contributed by atoms with Crippen LogP contribution in [0.4, 0.5) is 0 Å². The number of carboxylic acid groups (broad SMARTS) is 1. The first-order valence-electron chi connectivity index (χ1n) is 5.02. The topological polar surface area (TPSA) is 96.4 Å². The maximum absolute atomic E-state index is 11.4. The van der Waals surface area contributed by atoms with E-state index in [9.17, 15) is 13.2 Å². The molecule has 1 rings (SSSR count). The first-order valence-corrected chi connectivity index (χ1v) is 7.49. The van der Waals surface area contributed by atoms with Crippen molar-refractivity contribution in [3.8, 4) is 0 Å². The van der Waals surface area contributed by atoms with Crippen LogP contribution in [0.5, 0.6) is 0 Å². The van der Waals surface area contributed by atoms with Gasteiger partial charge in [-0.25, -0.2) is 22.9 Å². The van der Waals surface area contributed by atoms with Gasteiger partial charge in [0.25, 0.3) is 0 Å². The fraction of sp³-hybridized carbons (Fsp3) is 0.556. The number of sulfonamides is 1. The summed E-state index contributed by atoms with van der Waals surface area (Å²) in [6.07, 6.45) is 0.534. The largest absolute Gasteiger partial charge is 0.477 e. The Kier molecular flexibility index (Phi) is 4.61. The molecule has 1 heterocycles. The highest BCUT2D eigenvalue weighted by molar-refractivity contribution is 7.89. The van der Waals surface area contributed by atoms with E-state index in [2.05, 4.69) is 9.71 Å². The van der Waals surface area contributed by atoms with Crippen LogP contribution in [0.15, 0.2) is 0 Å². The summed E-state index contributed by atoms with van der Waals surface area (Å²) in [5.74, 6) is -0.981. The minimum absolute atomic E-state index is 0.0428. The van der Waals surface area contributed by atoms with Gasteiger partial charge in [-0.1, -0.05) is 6.92 Å². The minimum Gasteiger partial charge on any atom is -0.477 e. The van der Waals surface area contributed by atoms with E-state index in [1.54, 1.807) is 13.8 Å². The predicted molar refractivity (Wildman–Crippen MR) is 64.7 cm³/mol. The zero-order chi connectivity index (χ0) is 13.1. The summed E-state index contributed by atoms with van der Waals surface area (Å²) in [6.45, 7) is 3.40. The van der Waals surface area contributed by atoms with Gasteiger partial charge in [-0.3, -0.25) is 0 Å². The monoisotopic (exact) mass is 278 g/mol. The Hall–Kier alpha value is -0.990. The number of nitrogens with one attached hydrogen (secondary N) is 1. The summed E-state index contributed by atoms with van der Waals surface area (Å²) in [4.78, 5) is 14.9. The highest BCUT2D eigenvalue weighted by Crippen LogP contribution is 2.17. The van der Waals surface area contributed by atoms with E-state index in [0.29, 0.717) is 17.1 Å². The van der Waals surface area contributed by atoms with E-state index in [0.717, 1.165) is 11.3 Å². The maximum Gasteiger partial charge on any atom is 0.347 e. The minimum atomic E-state index is -3.28. The van der Waals surface area contributed by atoms with Crippen molar-refractivity contribution in [3.05, 3.63) is 15.6 Å². The van der Waals surface area contributed by atoms with Crippen LogP contribution in [0, 0.1) is 6.92 Å². The van der Waals surface area contributed by atoms with E-state index in [1.807, 2.05) is 0 Å². The maximum atomic E-state index is 11.4. The Morgan fingerprint density at radius 3 is 2.65 bits per heavy atom. The number of hydrogen-bond acceptors (Lipinski definition) is 5. The Morgan fingerprint density at radius 1 is 1.53 bits per heavy atom. The molecule has 6 nitrogen and oxygen atoms in total. The van der Waals surface area contributed by atoms with E-state index in [-0.39, 0.29) is 17.2 Å². The molecule has 0 aliphatic rings. The second kappa shape index (κ2) is 5.56. The molecule has 0 aliphatic carbocycles. The quantitative estimate of drug-likeness (QED) is 0.808. The molecule has 2 N–H and O–H groups in total. The summed E-state index contributed by atoms with van der Waals surface area (Å²) < 4.78 is 25.1. The highest BCUT2D eigenvalue weighted by Gasteiger charge is 2.15. The molecule has 0 bridgehead atoms. The number of carboxylic acids is 1. The van der Waals surface area contributed by atoms with Crippen molar-refractivity contribution >= 4 is 27.3 Å². The summed E-state index contributed by atoms with van der Waals surface area (Å²) >= 11 is 0.989. The summed E-state index contributed by atoms with van der Waals surface area (Å²) in [6, 6.07) is 0. The van der Waals surface area contributed by atoms with Crippen molar-refractivity contribution in [2.24, 2.45) is 0 Å². The number of carbonyl (C=O) groups is 1. The van der Waals surface area contributed by atoms with Gasteiger partial charge >= 0.3 is 5.97 Å². The first-order chi connectivity index (χ1) is 7.85. The fourth-order valence-electron chi connectivity index (χ4n) is 1.24. The lowest BCUT2D eigenvalue weighted by Gasteiger charge is -2.02. The van der Waals surface area contributed by atoms with Crippen LogP contribution in [-0.4, -0.2) is 30.2 Å². The second-order valence-corrected chi connectivity index (χ2v) is 6.48. The zero-order valence-electron chi connectivity index (χ0n) is 9.56. The van der Waals surface area contributed by atoms with Gasteiger partial charge in [-0.05, 0) is 13.3 Å². The lowest BCUT2D eigenvalue weighted by Crippen LogP contribution is -2.25. The summed E-state index contributed by atoms with van der Waals surface area (Å²) in [5, 5.41) is 9.28. The predicted octanol–water partition coefficient (Wildman–Crippen LogP) is 0.979. The molecule has 0 atom stereocenters. The molecule has 0 saturated carbocycles. The van der Waals surface area contributed by atoms with Crippen LogP contribution >= 0.6 is 11.3 Å². The molecule has 0 unspecified atom stereocenters. The number of hydrogen-bond donors (Lipinski definition) is 2. The van der Waals surface area contributed by atoms with Crippen molar-refractivity contribution in [1.29, 1.82) is 0 Å². The van der Waals surface area contributed by atoms with E-state index >= 15 is 0 Å². The third-order valence-electron chi connectivity index (χ3n) is 1.95. The van der Waals surface area contributed by atoms with Crippen LogP contribution in [0.2, 0.25) is 0 Å². The van der Waals surface area contributed by atoms with Crippen molar-refractivity contribution in [2.75, 3.05) is 5.75 Å². The first kappa shape index (κ1) is 14.1. The molecular formula is C9H14N2O4S2. The van der Waals surface area contributed by atoms with E-state index in [4.69, 9.17) is 5.11 Å². The van der Waals surface area contributed by atoms with Gasteiger partial charge in [0.05, 0.1) is 18.0 Å². The van der Waals surface area contributed by atoms with Crippen molar-refractivity contribution < 1.29 is 18.3 Å². The molecule has 8 heteroatoms. The lowest BCUT2D eigenvalue weighted by atomic mass is 10.4. The molecule has 17 heavy (non-hydrogen) atoms. The molecule has 0 amide bonds. The summed E-state index contributed by atoms with van der Waals surface area (Å²) in [7, 11) is -3.28. The third-order valence-corrected chi connectivity index (χ3v) is 4.63. The highest BCUT2D eigenvalue weighted by atomic mass is 32.2. The van der Waals surface area contributed by atoms with Crippen LogP contribution in [0.25, 0.3) is 0 Å². The van der Waals surface area contributed by atoms with Gasteiger partial charge in [0, 0.05) is 0 Å². The van der Waals surface area contributed by atoms with Crippen molar-refractivity contribution in [1.82, 2.24) is 9.71 Å². The van der Waals surface area contributed by atoms with Gasteiger partial charge < -0.3 is 5.11 Å². The van der Waals surface area contributed by atoms with Gasteiger partial charge in [0.15, 0.2) is 0 Å². The molecule has 0 aliphatic heterocycles. The van der Waals surface area contributed by atoms with Crippen molar-refractivity contribution in [2.45, 2.75) is 26.8 Å². The number of nitrogens with zero attached hydrogens (tertiary/aromatic N) is 1. The average Bonchev–Trinajstić information content (AvgIpc) is 2.57. The van der Waals surface area contributed by atoms with Crippen molar-refractivity contribution in [3.63, 3.8) is 0 Å². The standard InChI is InChI=1S/C9H14N2O4S2/c1-3-4-17(14,15)10-5-7-11-6(2)8(16-7)9(12)13/h10H,3-5H2,1-2H3,(H,12,13). The Labute approximate surface area is 104 Å². The summed E-state index contributed by atoms with van der Waals surface area (Å²) in [5.41, 5.74) is 0.409. The second-order valence-electron chi connectivity index (χ2n) is 3.47. The molecule has 0 fully saturated rings. The molecular weight excluding hydrogens is 264 g/mol. The SMILES string of the molecule is CCCS(=O)(=O)NCc1nc(C)c(C(=O)O)s1. The van der Waals surface area contributed by atoms with Crippen LogP contribution in [0.1, 0.15) is 33.7 Å². The van der Waals surface area contributed by atoms with Crippen LogP contribution in [-0.2, 0) is 16.6 Å². The lowest BCUT2D eigenvalue weighted by molar-refractivity contribution is 0.0701. The molecule has 1 aromatic rings. The smallest absolute Gasteiger partial charge is 0.347 e. The Morgan fingerprint density at radius 2 is 2.18 bits per heavy atom. The number of rotatable bonds is 6. The molecule has 0 radical (unpaired) electrons. The number of aromatic carboxylic acids is 1. The van der Waals surface area contributed by atoms with Gasteiger partial charge in [0.1, 0.15) is 9.88 Å². The Balaban J connectivity index is 2.71. The molecule has 0 saturated heterocycles. The molecule has 0 spiro atoms. The number of thiazole rings is 1. The number of aromatic nitrogens is 1. The molecule has 96 valence electrons. The van der Waals surface area contributed by atoms with E-state index in [1.165, 1.54) is 0 Å². The van der Waals surface area contributed by atoms with Gasteiger partial charge in [-0.2, -0.15) is 0 Å². The number of aryl methyl sites for hydroxylation is 1. The van der Waals surface area contributed by atoms with E-state index < -0.39 is 16.0 Å². The Bertz CT molecular complexity index is 507. The molecule has 0 aromatic carbocycles. The van der Waals surface area contributed by atoms with Gasteiger partial charge in [0.2, 0.25) is 10.0 Å². The molecule has 1 aromatic heterocycles. The zero-order valence-corrected chi connectivity index (χ0v) is 11.2. The average molecular weight is 278 g/mol. The van der Waals surface area contributed by atoms with Crippen LogP contribution < -0.4 is 4.72 Å².